The van der Waals surface area contributed by atoms with Crippen LogP contribution in [0.1, 0.15) is 12.5 Å². The zero-order chi connectivity index (χ0) is 9.52. The lowest BCUT2D eigenvalue weighted by molar-refractivity contribution is 0.244. The van der Waals surface area contributed by atoms with Gasteiger partial charge in [-0.3, -0.25) is 0 Å². The summed E-state index contributed by atoms with van der Waals surface area (Å²) in [5, 5.41) is 8.93. The van der Waals surface area contributed by atoms with Crippen molar-refractivity contribution in [2.75, 3.05) is 0 Å². The van der Waals surface area contributed by atoms with Crippen molar-refractivity contribution >= 4 is 6.08 Å². The van der Waals surface area contributed by atoms with Crippen LogP contribution in [-0.2, 0) is 0 Å². The number of hydrogen-bond donors (Lipinski definition) is 1. The molecule has 1 atom stereocenters. The molecule has 0 radical (unpaired) electrons. The molecule has 13 heavy (non-hydrogen) atoms. The summed E-state index contributed by atoms with van der Waals surface area (Å²) in [7, 11) is 0. The fourth-order valence-electron chi connectivity index (χ4n) is 0.956. The van der Waals surface area contributed by atoms with Gasteiger partial charge in [-0.15, -0.1) is 0 Å². The average Bonchev–Trinajstić information content (AvgIpc) is 2.14. The van der Waals surface area contributed by atoms with Crippen LogP contribution in [0.25, 0.3) is 6.08 Å². The van der Waals surface area contributed by atoms with E-state index in [0.717, 1.165) is 5.56 Å². The van der Waals surface area contributed by atoms with Gasteiger partial charge in [-0.25, -0.2) is 0 Å². The molecule has 1 aromatic rings. The van der Waals surface area contributed by atoms with Crippen molar-refractivity contribution in [3.05, 3.63) is 54.1 Å². The monoisotopic (exact) mass is 174 g/mol. The fraction of sp³-hybridized carbons (Fsp3) is 0.167. The van der Waals surface area contributed by atoms with Crippen molar-refractivity contribution in [1.82, 2.24) is 0 Å². The van der Waals surface area contributed by atoms with Gasteiger partial charge in [0, 0.05) is 0 Å². The van der Waals surface area contributed by atoms with E-state index in [1.165, 1.54) is 0 Å². The Kier molecular flexibility index (Phi) is 4.00. The number of benzene rings is 1. The number of hydrogen-bond acceptors (Lipinski definition) is 1. The SMILES string of the molecule is C[C@H](O)/C=C/C=C/c1ccccc1. The van der Waals surface area contributed by atoms with E-state index in [1.54, 1.807) is 13.0 Å². The summed E-state index contributed by atoms with van der Waals surface area (Å²) in [4.78, 5) is 0. The minimum atomic E-state index is -0.375. The maximum atomic E-state index is 8.93. The molecule has 0 amide bonds. The molecule has 0 aromatic heterocycles. The van der Waals surface area contributed by atoms with Crippen LogP contribution in [0, 0.1) is 0 Å². The first-order chi connectivity index (χ1) is 6.29. The van der Waals surface area contributed by atoms with Crippen molar-refractivity contribution in [1.29, 1.82) is 0 Å². The minimum Gasteiger partial charge on any atom is -0.389 e. The van der Waals surface area contributed by atoms with Crippen molar-refractivity contribution in [2.45, 2.75) is 13.0 Å². The second kappa shape index (κ2) is 5.33. The standard InChI is InChI=1S/C12H14O/c1-11(13)7-5-6-10-12-8-3-2-4-9-12/h2-11,13H,1H3/b7-5+,10-6+/t11-/m0/s1. The Labute approximate surface area is 79.0 Å². The van der Waals surface area contributed by atoms with E-state index in [-0.39, 0.29) is 6.10 Å². The van der Waals surface area contributed by atoms with E-state index in [0.29, 0.717) is 0 Å². The summed E-state index contributed by atoms with van der Waals surface area (Å²) >= 11 is 0. The Balaban J connectivity index is 2.50. The van der Waals surface area contributed by atoms with E-state index in [9.17, 15) is 0 Å². The van der Waals surface area contributed by atoms with Gasteiger partial charge in [0.2, 0.25) is 0 Å². The lowest BCUT2D eigenvalue weighted by atomic mass is 10.2. The molecule has 0 unspecified atom stereocenters. The third-order valence-corrected chi connectivity index (χ3v) is 1.59. The Morgan fingerprint density at radius 1 is 1.15 bits per heavy atom. The summed E-state index contributed by atoms with van der Waals surface area (Å²) in [6.45, 7) is 1.73. The van der Waals surface area contributed by atoms with Crippen LogP contribution >= 0.6 is 0 Å². The number of aliphatic hydroxyl groups excluding tert-OH is 1. The van der Waals surface area contributed by atoms with Crippen molar-refractivity contribution in [3.8, 4) is 0 Å². The lowest BCUT2D eigenvalue weighted by Crippen LogP contribution is -1.90. The highest BCUT2D eigenvalue weighted by Gasteiger charge is 1.82. The Bertz CT molecular complexity index is 283. The van der Waals surface area contributed by atoms with Crippen LogP contribution in [0.4, 0.5) is 0 Å². The number of allylic oxidation sites excluding steroid dienone is 2. The predicted octanol–water partition coefficient (Wildman–Crippen LogP) is 2.64. The fourth-order valence-corrected chi connectivity index (χ4v) is 0.956. The Morgan fingerprint density at radius 3 is 2.46 bits per heavy atom. The Hall–Kier alpha value is -1.34. The molecule has 1 N–H and O–H groups in total. The van der Waals surface area contributed by atoms with Gasteiger partial charge in [-0.2, -0.15) is 0 Å². The molecule has 0 saturated heterocycles. The lowest BCUT2D eigenvalue weighted by Gasteiger charge is -1.90. The molecule has 1 heteroatoms. The predicted molar refractivity (Wildman–Crippen MR) is 56.3 cm³/mol. The van der Waals surface area contributed by atoms with E-state index in [1.807, 2.05) is 48.6 Å². The van der Waals surface area contributed by atoms with Crippen LogP contribution < -0.4 is 0 Å². The maximum absolute atomic E-state index is 8.93. The van der Waals surface area contributed by atoms with Gasteiger partial charge in [-0.1, -0.05) is 54.6 Å². The number of rotatable bonds is 3. The molecule has 0 aliphatic carbocycles. The molecular formula is C12H14O. The van der Waals surface area contributed by atoms with E-state index in [2.05, 4.69) is 0 Å². The first-order valence-electron chi connectivity index (χ1n) is 4.37. The van der Waals surface area contributed by atoms with Crippen LogP contribution in [0.15, 0.2) is 48.6 Å². The van der Waals surface area contributed by atoms with Gasteiger partial charge in [0.15, 0.2) is 0 Å². The molecule has 0 bridgehead atoms. The van der Waals surface area contributed by atoms with Gasteiger partial charge in [0.05, 0.1) is 6.10 Å². The normalized spacial score (nSPS) is 14.0. The molecule has 0 aliphatic rings. The molecule has 0 fully saturated rings. The molecule has 0 heterocycles. The van der Waals surface area contributed by atoms with Crippen LogP contribution in [0.3, 0.4) is 0 Å². The molecular weight excluding hydrogens is 160 g/mol. The van der Waals surface area contributed by atoms with Gasteiger partial charge in [0.25, 0.3) is 0 Å². The summed E-state index contributed by atoms with van der Waals surface area (Å²) < 4.78 is 0. The zero-order valence-electron chi connectivity index (χ0n) is 7.72. The second-order valence-corrected chi connectivity index (χ2v) is 2.90. The highest BCUT2D eigenvalue weighted by molar-refractivity contribution is 5.50. The molecule has 1 aromatic carbocycles. The third-order valence-electron chi connectivity index (χ3n) is 1.59. The van der Waals surface area contributed by atoms with Crippen molar-refractivity contribution in [3.63, 3.8) is 0 Å². The molecule has 1 rings (SSSR count). The summed E-state index contributed by atoms with van der Waals surface area (Å²) in [5.74, 6) is 0. The molecule has 68 valence electrons. The summed E-state index contributed by atoms with van der Waals surface area (Å²) in [6.07, 6.45) is 7.12. The largest absolute Gasteiger partial charge is 0.389 e. The van der Waals surface area contributed by atoms with Gasteiger partial charge in [-0.05, 0) is 12.5 Å². The second-order valence-electron chi connectivity index (χ2n) is 2.90. The quantitative estimate of drug-likeness (QED) is 0.698. The Morgan fingerprint density at radius 2 is 1.85 bits per heavy atom. The highest BCUT2D eigenvalue weighted by atomic mass is 16.3. The summed E-state index contributed by atoms with van der Waals surface area (Å²) in [6, 6.07) is 10.1. The first-order valence-corrected chi connectivity index (χ1v) is 4.37. The average molecular weight is 174 g/mol. The third kappa shape index (κ3) is 4.28. The van der Waals surface area contributed by atoms with E-state index >= 15 is 0 Å². The minimum absolute atomic E-state index is 0.375. The topological polar surface area (TPSA) is 20.2 Å². The van der Waals surface area contributed by atoms with Gasteiger partial charge >= 0.3 is 0 Å². The molecule has 0 aliphatic heterocycles. The maximum Gasteiger partial charge on any atom is 0.0695 e. The zero-order valence-corrected chi connectivity index (χ0v) is 7.72. The first kappa shape index (κ1) is 9.75. The van der Waals surface area contributed by atoms with Crippen molar-refractivity contribution in [2.24, 2.45) is 0 Å². The molecule has 0 spiro atoms. The van der Waals surface area contributed by atoms with Crippen LogP contribution in [0.5, 0.6) is 0 Å². The van der Waals surface area contributed by atoms with Crippen LogP contribution in [-0.4, -0.2) is 11.2 Å². The molecule has 1 nitrogen and oxygen atoms in total. The van der Waals surface area contributed by atoms with Crippen molar-refractivity contribution < 1.29 is 5.11 Å². The highest BCUT2D eigenvalue weighted by Crippen LogP contribution is 2.00. The van der Waals surface area contributed by atoms with Crippen LogP contribution in [0.2, 0.25) is 0 Å². The smallest absolute Gasteiger partial charge is 0.0695 e. The summed E-state index contributed by atoms with van der Waals surface area (Å²) in [5.41, 5.74) is 1.16. The van der Waals surface area contributed by atoms with Gasteiger partial charge in [0.1, 0.15) is 0 Å². The number of aliphatic hydroxyl groups is 1. The molecule has 0 saturated carbocycles. The van der Waals surface area contributed by atoms with E-state index < -0.39 is 0 Å². The van der Waals surface area contributed by atoms with E-state index in [4.69, 9.17) is 5.11 Å². The van der Waals surface area contributed by atoms with Gasteiger partial charge < -0.3 is 5.11 Å².